The second-order valence-electron chi connectivity index (χ2n) is 34.3. The first-order valence-electron chi connectivity index (χ1n) is 43.8. The highest BCUT2D eigenvalue weighted by atomic mass is 32.2. The van der Waals surface area contributed by atoms with Crippen molar-refractivity contribution in [3.05, 3.63) is 173 Å². The van der Waals surface area contributed by atoms with Crippen molar-refractivity contribution < 1.29 is 106 Å². The number of aromatic nitrogens is 1. The van der Waals surface area contributed by atoms with Gasteiger partial charge in [0.25, 0.3) is 0 Å². The molecule has 3 aliphatic rings. The van der Waals surface area contributed by atoms with Crippen molar-refractivity contribution in [1.29, 1.82) is 0 Å². The summed E-state index contributed by atoms with van der Waals surface area (Å²) in [7, 11) is 3.75. The number of thioether (sulfide) groups is 1. The SMILES string of the molecule is CCCC[C@H]1C(=O)N2C[C@H](O)C[C@@H]2C(=O)N[C@@H](CC(=O)O)C(=O)N[C@@H](C(C)C)C(=O)N(C)[C@H](Cc2ccccc2)C(=O)N[C@@H](CCN)C(=O)N2C[C@H](O)C[C@@H]2C(=O)N[C@@H](Cc2c[nH]c3ccccc23)C(=O)N[C@@H](Cc2ccc(O)cc2)C(=O)N[C@@H](CC(C)C)C(=O)N[C@H](C(=O)NCC(N)=O)CSCC(=O)N[C@@H](Cc2ccc(F)c(F)c2)C(=O)N(C)[C@@H](Cc2ccccc2)C(=O)N1C. The molecule has 1 aromatic heterocycles. The number of nitrogens with zero attached hydrogens (tertiary/aromatic N) is 5. The van der Waals surface area contributed by atoms with Crippen molar-refractivity contribution in [1.82, 2.24) is 77.3 Å². The number of rotatable bonds is 23. The van der Waals surface area contributed by atoms with E-state index in [1.807, 2.05) is 0 Å². The molecule has 18 N–H and O–H groups in total. The number of amides is 15. The van der Waals surface area contributed by atoms with Gasteiger partial charge in [0.2, 0.25) is 88.6 Å². The molecule has 0 unspecified atom stereocenters. The lowest BCUT2D eigenvalue weighted by atomic mass is 9.98. The number of H-pyrrole nitrogens is 1. The molecule has 712 valence electrons. The number of halogens is 2. The first-order chi connectivity index (χ1) is 62.7. The number of phenolic OH excluding ortho intramolecular Hbond substituents is 1. The van der Waals surface area contributed by atoms with Gasteiger partial charge in [0, 0.05) is 102 Å². The summed E-state index contributed by atoms with van der Waals surface area (Å²) in [6.07, 6.45) is -4.87. The van der Waals surface area contributed by atoms with E-state index in [0.29, 0.717) is 51.3 Å². The molecule has 5 aromatic carbocycles. The average molecular weight is 1850 g/mol. The Hall–Kier alpha value is -13.0. The number of hydrogen-bond acceptors (Lipinski definition) is 21. The van der Waals surface area contributed by atoms with Gasteiger partial charge < -0.3 is 109 Å². The van der Waals surface area contributed by atoms with Gasteiger partial charge in [0.15, 0.2) is 11.6 Å². The van der Waals surface area contributed by atoms with Crippen LogP contribution in [0.3, 0.4) is 0 Å². The topological polar surface area (TPSA) is 546 Å². The Morgan fingerprint density at radius 3 is 1.62 bits per heavy atom. The van der Waals surface area contributed by atoms with Gasteiger partial charge in [0.1, 0.15) is 84.3 Å². The summed E-state index contributed by atoms with van der Waals surface area (Å²) in [5, 5.41) is 67.7. The number of nitrogens with one attached hydrogen (secondary N) is 10. The Morgan fingerprint density at radius 2 is 1.04 bits per heavy atom. The average Bonchev–Trinajstić information content (AvgIpc) is 1.72. The highest BCUT2D eigenvalue weighted by molar-refractivity contribution is 8.00. The number of likely N-dealkylation sites (N-methyl/N-ethyl adjacent to an activating group) is 3. The molecule has 9 rings (SSSR count). The molecule has 37 nitrogen and oxygen atoms in total. The molecule has 0 bridgehead atoms. The van der Waals surface area contributed by atoms with Gasteiger partial charge >= 0.3 is 5.97 Å². The number of carboxylic acid groups (broad SMARTS) is 1. The molecule has 4 heterocycles. The standard InChI is InChI=1S/C92H119F2N17O20S/c1-9-10-25-71-91(130)111-47-59(114)42-74(111)87(126)104-68(43-78(117)118)84(123)106-79(51(4)5)92(131)108(7)72(38-52-19-13-11-14-20-52)85(124)100-64(32-33-95)89(128)110-46-58(113)41-73(110)86(125)103-67(40-56-44-97-63-24-18-17-23-60(56)63)83(122)102-66(36-54-26-29-57(112)30-27-54)82(121)101-65(34-50(2)3)81(120)105-70(80(119)98-45-76(96)115)48-132-49-77(116)99-69(37-55-28-31-61(93)62(94)35-55)88(127)109(8)75(90(129)107(71)6)39-53-21-15-12-16-22-53/h11-24,26-31,35,44,50-51,58-59,64-75,79,97,112-114H,9-10,25,32-34,36-43,45-49,95H2,1-8H3,(H2,96,115)(H,98,119)(H,99,116)(H,100,124)(H,101,121)(H,102,122)(H,103,125)(H,104,126)(H,105,120)(H,106,123)(H,117,118)/t58-,59-,64+,65+,66+,67+,68+,69+,70+,71+,72-,73-,74-,75+,79+/m1/s1. The van der Waals surface area contributed by atoms with Crippen molar-refractivity contribution in [3.63, 3.8) is 0 Å². The molecular formula is C92H119F2N17O20S. The Bertz CT molecular complexity index is 5120. The number of aromatic hydroxyl groups is 1. The highest BCUT2D eigenvalue weighted by Crippen LogP contribution is 2.29. The minimum Gasteiger partial charge on any atom is -0.508 e. The fourth-order valence-corrected chi connectivity index (χ4v) is 17.2. The van der Waals surface area contributed by atoms with E-state index in [-0.39, 0.29) is 69.2 Å². The fourth-order valence-electron chi connectivity index (χ4n) is 16.3. The number of aromatic amines is 1. The van der Waals surface area contributed by atoms with Gasteiger partial charge in [-0.15, -0.1) is 11.8 Å². The van der Waals surface area contributed by atoms with E-state index in [1.54, 1.807) is 112 Å². The van der Waals surface area contributed by atoms with E-state index < -0.39 is 266 Å². The van der Waals surface area contributed by atoms with Crippen molar-refractivity contribution in [3.8, 4) is 5.75 Å². The van der Waals surface area contributed by atoms with Crippen LogP contribution in [0.4, 0.5) is 8.78 Å². The van der Waals surface area contributed by atoms with Gasteiger partial charge in [0.05, 0.1) is 30.9 Å². The molecule has 6 aromatic rings. The molecule has 0 spiro atoms. The quantitative estimate of drug-likeness (QED) is 0.0402. The summed E-state index contributed by atoms with van der Waals surface area (Å²) < 4.78 is 29.8. The Kier molecular flexibility index (Phi) is 37.6. The van der Waals surface area contributed by atoms with Crippen LogP contribution in [0.1, 0.15) is 114 Å². The molecule has 132 heavy (non-hydrogen) atoms. The number of carbonyl (C=O) groups excluding carboxylic acids is 15. The molecule has 3 aliphatic heterocycles. The highest BCUT2D eigenvalue weighted by Gasteiger charge is 2.48. The van der Waals surface area contributed by atoms with E-state index in [2.05, 4.69) is 52.8 Å². The van der Waals surface area contributed by atoms with Gasteiger partial charge in [-0.3, -0.25) is 76.7 Å². The molecule has 0 radical (unpaired) electrons. The number of para-hydroxylation sites is 1. The van der Waals surface area contributed by atoms with E-state index in [1.165, 1.54) is 59.3 Å². The molecule has 15 amide bonds. The lowest BCUT2D eigenvalue weighted by molar-refractivity contribution is -0.152. The number of nitrogens with two attached hydrogens (primary N) is 2. The monoisotopic (exact) mass is 1850 g/mol. The first-order valence-corrected chi connectivity index (χ1v) is 45.0. The number of aliphatic hydroxyl groups excluding tert-OH is 2. The number of benzene rings is 5. The maximum atomic E-state index is 15.7. The van der Waals surface area contributed by atoms with Crippen LogP contribution >= 0.6 is 11.8 Å². The van der Waals surface area contributed by atoms with Crippen LogP contribution in [0.25, 0.3) is 10.9 Å². The summed E-state index contributed by atoms with van der Waals surface area (Å²) in [5.74, 6) is -21.8. The Balaban J connectivity index is 1.13. The largest absolute Gasteiger partial charge is 0.508 e. The number of carboxylic acids is 1. The zero-order chi connectivity index (χ0) is 96.5. The van der Waals surface area contributed by atoms with Gasteiger partial charge in [-0.2, -0.15) is 0 Å². The third-order valence-electron chi connectivity index (χ3n) is 23.5. The van der Waals surface area contributed by atoms with Crippen LogP contribution < -0.4 is 59.3 Å². The number of phenols is 1. The van der Waals surface area contributed by atoms with E-state index in [0.717, 1.165) is 42.7 Å². The number of aliphatic hydroxyl groups is 2. The van der Waals surface area contributed by atoms with Crippen LogP contribution in [0.5, 0.6) is 5.75 Å². The number of aliphatic carboxylic acids is 1. The van der Waals surface area contributed by atoms with Gasteiger partial charge in [-0.25, -0.2) is 8.78 Å². The van der Waals surface area contributed by atoms with Crippen LogP contribution in [0.2, 0.25) is 0 Å². The number of primary amides is 1. The molecule has 40 heteroatoms. The van der Waals surface area contributed by atoms with Crippen LogP contribution in [0, 0.1) is 23.5 Å². The van der Waals surface area contributed by atoms with Crippen molar-refractivity contribution in [2.75, 3.05) is 58.8 Å². The second kappa shape index (κ2) is 48.3. The van der Waals surface area contributed by atoms with Crippen LogP contribution in [-0.2, 0) is 109 Å². The molecule has 3 saturated heterocycles. The van der Waals surface area contributed by atoms with E-state index in [9.17, 15) is 58.4 Å². The molecule has 0 aliphatic carbocycles. The fraction of sp³-hybridized carbons (Fsp3) is 0.478. The summed E-state index contributed by atoms with van der Waals surface area (Å²) in [6.45, 7) is 6.19. The predicted molar refractivity (Wildman–Crippen MR) is 481 cm³/mol. The normalized spacial score (nSPS) is 24.8. The van der Waals surface area contributed by atoms with Crippen molar-refractivity contribution >= 4 is 117 Å². The summed E-state index contributed by atoms with van der Waals surface area (Å²) in [6, 6.07) is 10.4. The van der Waals surface area contributed by atoms with Crippen LogP contribution in [0.15, 0.2) is 134 Å². The number of fused-ring (bicyclic) bond motifs is 3. The van der Waals surface area contributed by atoms with E-state index in [4.69, 9.17) is 11.5 Å². The third-order valence-corrected chi connectivity index (χ3v) is 24.5. The maximum absolute atomic E-state index is 15.7. The smallest absolute Gasteiger partial charge is 0.305 e. The number of hydrogen-bond donors (Lipinski definition) is 16. The Morgan fingerprint density at radius 1 is 0.523 bits per heavy atom. The number of unbranched alkanes of at least 4 members (excludes halogenated alkanes) is 1. The summed E-state index contributed by atoms with van der Waals surface area (Å²) in [5.41, 5.74) is 14.0. The van der Waals surface area contributed by atoms with Gasteiger partial charge in [-0.1, -0.05) is 145 Å². The lowest BCUT2D eigenvalue weighted by Crippen LogP contribution is -2.62. The zero-order valence-corrected chi connectivity index (χ0v) is 75.6. The summed E-state index contributed by atoms with van der Waals surface area (Å²) >= 11 is 0.711. The lowest BCUT2D eigenvalue weighted by Gasteiger charge is -2.38. The maximum Gasteiger partial charge on any atom is 0.305 e. The minimum atomic E-state index is -2.02. The van der Waals surface area contributed by atoms with E-state index >= 15 is 47.5 Å². The van der Waals surface area contributed by atoms with Crippen LogP contribution in [-0.4, -0.2) is 294 Å². The van der Waals surface area contributed by atoms with Crippen molar-refractivity contribution in [2.45, 2.75) is 209 Å². The Labute approximate surface area is 766 Å². The number of carbonyl (C=O) groups is 16. The molecular weight excluding hydrogens is 1730 g/mol. The molecule has 0 saturated carbocycles. The first kappa shape index (κ1) is 103. The third kappa shape index (κ3) is 28.3. The zero-order valence-electron chi connectivity index (χ0n) is 74.8. The molecule has 3 fully saturated rings. The minimum absolute atomic E-state index is 0.0256. The predicted octanol–water partition coefficient (Wildman–Crippen LogP) is 0.0121. The molecule has 15 atom stereocenters. The second-order valence-corrected chi connectivity index (χ2v) is 35.3. The van der Waals surface area contributed by atoms with Crippen molar-refractivity contribution in [2.24, 2.45) is 23.3 Å². The summed E-state index contributed by atoms with van der Waals surface area (Å²) in [4.78, 5) is 245. The van der Waals surface area contributed by atoms with Gasteiger partial charge in [-0.05, 0) is 95.8 Å².